The van der Waals surface area contributed by atoms with Gasteiger partial charge in [0.25, 0.3) is 5.92 Å². The van der Waals surface area contributed by atoms with E-state index in [1.807, 2.05) is 20.8 Å². The van der Waals surface area contributed by atoms with Crippen LogP contribution in [0.3, 0.4) is 0 Å². The van der Waals surface area contributed by atoms with Gasteiger partial charge in [-0.25, -0.2) is 13.2 Å². The van der Waals surface area contributed by atoms with E-state index >= 15 is 8.78 Å². The van der Waals surface area contributed by atoms with E-state index < -0.39 is 71.8 Å². The molecule has 2 heterocycles. The van der Waals surface area contributed by atoms with Gasteiger partial charge in [-0.15, -0.1) is 0 Å². The predicted molar refractivity (Wildman–Crippen MR) is 151 cm³/mol. The highest BCUT2D eigenvalue weighted by molar-refractivity contribution is 6.35. The second-order valence-corrected chi connectivity index (χ2v) is 13.2. The van der Waals surface area contributed by atoms with Crippen molar-refractivity contribution in [2.75, 3.05) is 23.3 Å². The van der Waals surface area contributed by atoms with Crippen molar-refractivity contribution in [3.8, 4) is 0 Å². The first kappa shape index (κ1) is 31.4. The molecule has 3 atom stereocenters. The van der Waals surface area contributed by atoms with E-state index in [2.05, 4.69) is 5.32 Å². The third-order valence-corrected chi connectivity index (χ3v) is 8.00. The minimum atomic E-state index is -3.39. The highest BCUT2D eigenvalue weighted by atomic mass is 35.5. The molecule has 0 spiro atoms. The number of fused-ring (bicyclic) bond motifs is 1. The third-order valence-electron chi connectivity index (χ3n) is 7.35. The lowest BCUT2D eigenvalue weighted by molar-refractivity contribution is -0.147. The molecule has 2 aromatic rings. The molecule has 0 aromatic heterocycles. The molecule has 2 amide bonds. The van der Waals surface area contributed by atoms with Crippen LogP contribution in [0.5, 0.6) is 0 Å². The van der Waals surface area contributed by atoms with Crippen molar-refractivity contribution in [2.45, 2.75) is 58.0 Å². The standard InChI is InChI=1S/C28H29Cl3F3N3O4/c1-14(24(40)36(12-26(2,3)4)18-6-15(29)5-16(30)7-18)21-10-27(33,34)13-37(21)28(11-22(38)39)19-8-17(31)9-20(32)23(19)35-25(28)41/h5-9,14,21H,10-13H2,1-4H3,(H,35,41)(H,38,39)/t14-,21-,28-/m1/s1. The number of hydrogen-bond acceptors (Lipinski definition) is 4. The number of aliphatic carboxylic acids is 1. The minimum absolute atomic E-state index is 0.145. The number of alkyl halides is 2. The lowest BCUT2D eigenvalue weighted by Crippen LogP contribution is -2.57. The van der Waals surface area contributed by atoms with Gasteiger partial charge < -0.3 is 15.3 Å². The second-order valence-electron chi connectivity index (χ2n) is 11.9. The largest absolute Gasteiger partial charge is 0.481 e. The average molecular weight is 635 g/mol. The predicted octanol–water partition coefficient (Wildman–Crippen LogP) is 6.83. The summed E-state index contributed by atoms with van der Waals surface area (Å²) in [6.45, 7) is 6.25. The van der Waals surface area contributed by atoms with Crippen LogP contribution < -0.4 is 10.2 Å². The molecular weight excluding hydrogens is 606 g/mol. The Kier molecular flexibility index (Phi) is 8.39. The highest BCUT2D eigenvalue weighted by Gasteiger charge is 2.62. The Bertz CT molecular complexity index is 1400. The number of carboxylic acids is 1. The van der Waals surface area contributed by atoms with Crippen LogP contribution >= 0.6 is 34.8 Å². The number of carbonyl (C=O) groups excluding carboxylic acids is 2. The summed E-state index contributed by atoms with van der Waals surface area (Å²) < 4.78 is 45.3. The van der Waals surface area contributed by atoms with Gasteiger partial charge in [-0.1, -0.05) is 62.5 Å². The highest BCUT2D eigenvalue weighted by Crippen LogP contribution is 2.51. The zero-order chi connectivity index (χ0) is 30.7. The maximum Gasteiger partial charge on any atom is 0.306 e. The van der Waals surface area contributed by atoms with Crippen LogP contribution in [0.4, 0.5) is 24.5 Å². The first-order valence-corrected chi connectivity index (χ1v) is 13.9. The number of halogens is 6. The number of likely N-dealkylation sites (tertiary alicyclic amines) is 1. The van der Waals surface area contributed by atoms with Crippen molar-refractivity contribution in [3.05, 3.63) is 56.8 Å². The minimum Gasteiger partial charge on any atom is -0.481 e. The maximum atomic E-state index is 15.2. The van der Waals surface area contributed by atoms with Crippen LogP contribution in [0.2, 0.25) is 15.1 Å². The second kappa shape index (κ2) is 10.9. The summed E-state index contributed by atoms with van der Waals surface area (Å²) in [4.78, 5) is 42.2. The molecule has 0 aliphatic carbocycles. The number of rotatable bonds is 7. The Morgan fingerprint density at radius 1 is 1.12 bits per heavy atom. The number of carbonyl (C=O) groups is 3. The number of nitrogens with zero attached hydrogens (tertiary/aromatic N) is 2. The van der Waals surface area contributed by atoms with Gasteiger partial charge in [0.15, 0.2) is 0 Å². The molecule has 2 aliphatic heterocycles. The Hall–Kier alpha value is -2.53. The molecule has 222 valence electrons. The summed E-state index contributed by atoms with van der Waals surface area (Å²) in [6.07, 6.45) is -1.80. The summed E-state index contributed by atoms with van der Waals surface area (Å²) in [5.41, 5.74) is -2.85. The fourth-order valence-electron chi connectivity index (χ4n) is 5.74. The van der Waals surface area contributed by atoms with Crippen molar-refractivity contribution in [1.29, 1.82) is 0 Å². The number of hydrogen-bond donors (Lipinski definition) is 2. The van der Waals surface area contributed by atoms with Gasteiger partial charge in [0.05, 0.1) is 24.6 Å². The SMILES string of the molecule is C[C@@H](C(=O)N(CC(C)(C)C)c1cc(Cl)cc(Cl)c1)[C@H]1CC(F)(F)CN1[C@@]1(CC(=O)O)C(=O)Nc2c(F)cc(Cl)cc21. The van der Waals surface area contributed by atoms with Gasteiger partial charge in [-0.05, 0) is 35.7 Å². The summed E-state index contributed by atoms with van der Waals surface area (Å²) in [6, 6.07) is 5.36. The summed E-state index contributed by atoms with van der Waals surface area (Å²) in [7, 11) is 0. The van der Waals surface area contributed by atoms with Crippen molar-refractivity contribution in [3.63, 3.8) is 0 Å². The lowest BCUT2D eigenvalue weighted by atomic mass is 9.83. The summed E-state index contributed by atoms with van der Waals surface area (Å²) >= 11 is 18.5. The molecule has 0 saturated carbocycles. The molecule has 0 radical (unpaired) electrons. The molecule has 0 unspecified atom stereocenters. The van der Waals surface area contributed by atoms with Crippen molar-refractivity contribution >= 4 is 64.0 Å². The molecule has 2 aromatic carbocycles. The molecule has 4 rings (SSSR count). The van der Waals surface area contributed by atoms with Crippen LogP contribution in [-0.2, 0) is 19.9 Å². The van der Waals surface area contributed by atoms with Gasteiger partial charge in [-0.3, -0.25) is 19.3 Å². The van der Waals surface area contributed by atoms with E-state index in [9.17, 15) is 23.9 Å². The number of benzene rings is 2. The molecule has 41 heavy (non-hydrogen) atoms. The Morgan fingerprint density at radius 2 is 1.71 bits per heavy atom. The molecule has 7 nitrogen and oxygen atoms in total. The first-order chi connectivity index (χ1) is 18.8. The Morgan fingerprint density at radius 3 is 2.27 bits per heavy atom. The van der Waals surface area contributed by atoms with E-state index in [-0.39, 0.29) is 32.9 Å². The summed E-state index contributed by atoms with van der Waals surface area (Å²) in [5.74, 6) is -8.54. The molecule has 0 bridgehead atoms. The Balaban J connectivity index is 1.84. The molecule has 1 fully saturated rings. The topological polar surface area (TPSA) is 90.0 Å². The normalized spacial score (nSPS) is 22.8. The monoisotopic (exact) mass is 633 g/mol. The van der Waals surface area contributed by atoms with Gasteiger partial charge >= 0.3 is 5.97 Å². The number of nitrogens with one attached hydrogen (secondary N) is 1. The van der Waals surface area contributed by atoms with Crippen molar-refractivity contribution < 1.29 is 32.7 Å². The van der Waals surface area contributed by atoms with Gasteiger partial charge in [0.2, 0.25) is 11.8 Å². The lowest BCUT2D eigenvalue weighted by Gasteiger charge is -2.42. The fourth-order valence-corrected chi connectivity index (χ4v) is 6.45. The van der Waals surface area contributed by atoms with E-state index in [1.54, 1.807) is 0 Å². The number of carboxylic acid groups (broad SMARTS) is 1. The quantitative estimate of drug-likeness (QED) is 0.349. The third kappa shape index (κ3) is 6.16. The molecule has 2 aliphatic rings. The maximum absolute atomic E-state index is 15.2. The van der Waals surface area contributed by atoms with Gasteiger partial charge in [0, 0.05) is 45.3 Å². The van der Waals surface area contributed by atoms with E-state index in [0.717, 1.165) is 11.0 Å². The van der Waals surface area contributed by atoms with Crippen molar-refractivity contribution in [2.24, 2.45) is 11.3 Å². The van der Waals surface area contributed by atoms with Gasteiger partial charge in [0.1, 0.15) is 11.4 Å². The fraction of sp³-hybridized carbons (Fsp3) is 0.464. The molecule has 2 N–H and O–H groups in total. The summed E-state index contributed by atoms with van der Waals surface area (Å²) in [5, 5.41) is 12.5. The Labute approximate surface area is 250 Å². The molecular formula is C28H29Cl3F3N3O4. The van der Waals surface area contributed by atoms with E-state index in [0.29, 0.717) is 5.69 Å². The molecule has 1 saturated heterocycles. The number of amides is 2. The smallest absolute Gasteiger partial charge is 0.306 e. The van der Waals surface area contributed by atoms with Crippen LogP contribution in [-0.4, -0.2) is 52.8 Å². The van der Waals surface area contributed by atoms with Crippen LogP contribution in [0, 0.1) is 17.2 Å². The first-order valence-electron chi connectivity index (χ1n) is 12.8. The van der Waals surface area contributed by atoms with Crippen LogP contribution in [0.25, 0.3) is 0 Å². The van der Waals surface area contributed by atoms with Gasteiger partial charge in [-0.2, -0.15) is 0 Å². The molecule has 13 heteroatoms. The average Bonchev–Trinajstić information content (AvgIpc) is 3.29. The van der Waals surface area contributed by atoms with E-state index in [4.69, 9.17) is 34.8 Å². The zero-order valence-electron chi connectivity index (χ0n) is 22.7. The van der Waals surface area contributed by atoms with Crippen molar-refractivity contribution in [1.82, 2.24) is 4.90 Å². The number of anilines is 2. The zero-order valence-corrected chi connectivity index (χ0v) is 25.0. The van der Waals surface area contributed by atoms with Crippen LogP contribution in [0.1, 0.15) is 46.1 Å². The van der Waals surface area contributed by atoms with E-state index in [1.165, 1.54) is 36.1 Å². The van der Waals surface area contributed by atoms with Crippen LogP contribution in [0.15, 0.2) is 30.3 Å².